The Morgan fingerprint density at radius 2 is 2.26 bits per heavy atom. The Bertz CT molecular complexity index is 579. The first kappa shape index (κ1) is 13.5. The minimum Gasteiger partial charge on any atom is -0.451 e. The second-order valence-electron chi connectivity index (χ2n) is 4.62. The van der Waals surface area contributed by atoms with E-state index in [-0.39, 0.29) is 30.0 Å². The summed E-state index contributed by atoms with van der Waals surface area (Å²) in [5.41, 5.74) is 0.481. The van der Waals surface area contributed by atoms with Crippen molar-refractivity contribution in [3.8, 4) is 0 Å². The summed E-state index contributed by atoms with van der Waals surface area (Å²) < 4.78 is 18.4. The minimum atomic E-state index is -0.364. The van der Waals surface area contributed by atoms with E-state index in [2.05, 4.69) is 5.32 Å². The number of amides is 1. The van der Waals surface area contributed by atoms with Crippen LogP contribution in [0.25, 0.3) is 11.0 Å². The molecule has 1 aromatic carbocycles. The quantitative estimate of drug-likeness (QED) is 0.872. The number of furan rings is 1. The van der Waals surface area contributed by atoms with Crippen LogP contribution in [0.2, 0.25) is 0 Å². The number of carbonyl (C=O) groups excluding carboxylic acids is 1. The van der Waals surface area contributed by atoms with Crippen LogP contribution in [0, 0.1) is 11.7 Å². The van der Waals surface area contributed by atoms with Crippen molar-refractivity contribution in [2.45, 2.75) is 13.3 Å². The summed E-state index contributed by atoms with van der Waals surface area (Å²) in [6.07, 6.45) is 0.631. The number of carbonyl (C=O) groups is 1. The number of fused-ring (bicyclic) bond motifs is 1. The molecule has 1 amide bonds. The summed E-state index contributed by atoms with van der Waals surface area (Å²) in [4.78, 5) is 11.8. The summed E-state index contributed by atoms with van der Waals surface area (Å²) >= 11 is 0. The van der Waals surface area contributed by atoms with E-state index in [1.807, 2.05) is 6.92 Å². The Morgan fingerprint density at radius 1 is 1.47 bits per heavy atom. The average Bonchev–Trinajstić information content (AvgIpc) is 2.79. The summed E-state index contributed by atoms with van der Waals surface area (Å²) in [6, 6.07) is 5.63. The molecule has 0 fully saturated rings. The average molecular weight is 265 g/mol. The Labute approximate surface area is 110 Å². The minimum absolute atomic E-state index is 0.0982. The lowest BCUT2D eigenvalue weighted by Crippen LogP contribution is -2.28. The molecule has 0 spiro atoms. The monoisotopic (exact) mass is 265 g/mol. The van der Waals surface area contributed by atoms with E-state index < -0.39 is 0 Å². The fraction of sp³-hybridized carbons (Fsp3) is 0.357. The molecular formula is C14H16FNO3. The molecule has 2 N–H and O–H groups in total. The number of nitrogens with one attached hydrogen (secondary N) is 1. The van der Waals surface area contributed by atoms with Gasteiger partial charge in [0, 0.05) is 18.5 Å². The van der Waals surface area contributed by atoms with Crippen LogP contribution in [0.4, 0.5) is 4.39 Å². The van der Waals surface area contributed by atoms with Crippen molar-refractivity contribution in [1.29, 1.82) is 0 Å². The van der Waals surface area contributed by atoms with Crippen molar-refractivity contribution in [2.24, 2.45) is 5.92 Å². The third-order valence-electron chi connectivity index (χ3n) is 2.94. The van der Waals surface area contributed by atoms with Gasteiger partial charge in [0.25, 0.3) is 5.91 Å². The topological polar surface area (TPSA) is 62.5 Å². The van der Waals surface area contributed by atoms with Crippen LogP contribution in [0.3, 0.4) is 0 Å². The van der Waals surface area contributed by atoms with Gasteiger partial charge in [-0.05, 0) is 36.6 Å². The molecule has 1 atom stereocenters. The van der Waals surface area contributed by atoms with Crippen molar-refractivity contribution < 1.29 is 18.7 Å². The van der Waals surface area contributed by atoms with Gasteiger partial charge in [0.2, 0.25) is 0 Å². The Morgan fingerprint density at radius 3 is 3.00 bits per heavy atom. The Balaban J connectivity index is 2.05. The molecule has 2 rings (SSSR count). The molecule has 19 heavy (non-hydrogen) atoms. The summed E-state index contributed by atoms with van der Waals surface area (Å²) in [5, 5.41) is 12.1. The molecule has 0 aliphatic rings. The molecule has 1 unspecified atom stereocenters. The number of aliphatic hydroxyl groups excluding tert-OH is 1. The van der Waals surface area contributed by atoms with Gasteiger partial charge in [0.05, 0.1) is 0 Å². The van der Waals surface area contributed by atoms with Gasteiger partial charge in [-0.2, -0.15) is 0 Å². The standard InChI is InChI=1S/C14H16FNO3/c1-9(4-5-17)8-16-14(18)13-7-10-6-11(15)2-3-12(10)19-13/h2-3,6-7,9,17H,4-5,8H2,1H3,(H,16,18). The molecule has 2 aromatic rings. The van der Waals surface area contributed by atoms with Crippen LogP contribution in [0.15, 0.2) is 28.7 Å². The third kappa shape index (κ3) is 3.32. The van der Waals surface area contributed by atoms with Crippen LogP contribution in [0.1, 0.15) is 23.9 Å². The second-order valence-corrected chi connectivity index (χ2v) is 4.62. The lowest BCUT2D eigenvalue weighted by molar-refractivity contribution is 0.0920. The predicted octanol–water partition coefficient (Wildman–Crippen LogP) is 2.32. The molecule has 102 valence electrons. The van der Waals surface area contributed by atoms with Gasteiger partial charge >= 0.3 is 0 Å². The fourth-order valence-corrected chi connectivity index (χ4v) is 1.80. The summed E-state index contributed by atoms with van der Waals surface area (Å²) in [5.74, 6) is -0.342. The number of rotatable bonds is 5. The molecule has 0 aliphatic heterocycles. The predicted molar refractivity (Wildman–Crippen MR) is 69.4 cm³/mol. The van der Waals surface area contributed by atoms with Gasteiger partial charge < -0.3 is 14.8 Å². The summed E-state index contributed by atoms with van der Waals surface area (Å²) in [6.45, 7) is 2.50. The third-order valence-corrected chi connectivity index (χ3v) is 2.94. The normalized spacial score (nSPS) is 12.6. The van der Waals surface area contributed by atoms with Crippen molar-refractivity contribution >= 4 is 16.9 Å². The van der Waals surface area contributed by atoms with Gasteiger partial charge in [0.15, 0.2) is 5.76 Å². The number of hydrogen-bond acceptors (Lipinski definition) is 3. The fourth-order valence-electron chi connectivity index (χ4n) is 1.80. The van der Waals surface area contributed by atoms with E-state index in [0.717, 1.165) is 0 Å². The van der Waals surface area contributed by atoms with Gasteiger partial charge in [-0.3, -0.25) is 4.79 Å². The van der Waals surface area contributed by atoms with Gasteiger partial charge in [-0.25, -0.2) is 4.39 Å². The zero-order valence-electron chi connectivity index (χ0n) is 10.6. The lowest BCUT2D eigenvalue weighted by Gasteiger charge is -2.09. The maximum atomic E-state index is 13.0. The highest BCUT2D eigenvalue weighted by Gasteiger charge is 2.13. The lowest BCUT2D eigenvalue weighted by atomic mass is 10.1. The number of hydrogen-bond donors (Lipinski definition) is 2. The highest BCUT2D eigenvalue weighted by atomic mass is 19.1. The SMILES string of the molecule is CC(CCO)CNC(=O)c1cc2cc(F)ccc2o1. The zero-order chi connectivity index (χ0) is 13.8. The molecule has 5 heteroatoms. The second kappa shape index (κ2) is 5.84. The van der Waals surface area contributed by atoms with E-state index in [1.54, 1.807) is 0 Å². The highest BCUT2D eigenvalue weighted by molar-refractivity contribution is 5.96. The first-order valence-electron chi connectivity index (χ1n) is 6.18. The van der Waals surface area contributed by atoms with E-state index in [1.165, 1.54) is 24.3 Å². The first-order chi connectivity index (χ1) is 9.10. The maximum Gasteiger partial charge on any atom is 0.287 e. The number of benzene rings is 1. The molecule has 0 bridgehead atoms. The van der Waals surface area contributed by atoms with Crippen LogP contribution in [-0.4, -0.2) is 24.2 Å². The first-order valence-corrected chi connectivity index (χ1v) is 6.18. The maximum absolute atomic E-state index is 13.0. The molecule has 0 radical (unpaired) electrons. The van der Waals surface area contributed by atoms with Crippen LogP contribution in [-0.2, 0) is 0 Å². The molecule has 0 saturated carbocycles. The molecule has 1 heterocycles. The number of aliphatic hydroxyl groups is 1. The van der Waals surface area contributed by atoms with Crippen molar-refractivity contribution in [2.75, 3.05) is 13.2 Å². The largest absolute Gasteiger partial charge is 0.451 e. The molecular weight excluding hydrogens is 249 g/mol. The van der Waals surface area contributed by atoms with Gasteiger partial charge in [-0.1, -0.05) is 6.92 Å². The van der Waals surface area contributed by atoms with E-state index in [9.17, 15) is 9.18 Å². The van der Waals surface area contributed by atoms with Gasteiger partial charge in [-0.15, -0.1) is 0 Å². The van der Waals surface area contributed by atoms with E-state index in [4.69, 9.17) is 9.52 Å². The highest BCUT2D eigenvalue weighted by Crippen LogP contribution is 2.20. The zero-order valence-corrected chi connectivity index (χ0v) is 10.6. The smallest absolute Gasteiger partial charge is 0.287 e. The van der Waals surface area contributed by atoms with Gasteiger partial charge in [0.1, 0.15) is 11.4 Å². The van der Waals surface area contributed by atoms with Crippen molar-refractivity contribution in [3.05, 3.63) is 35.8 Å². The van der Waals surface area contributed by atoms with Crippen LogP contribution in [0.5, 0.6) is 0 Å². The van der Waals surface area contributed by atoms with E-state index >= 15 is 0 Å². The van der Waals surface area contributed by atoms with Crippen molar-refractivity contribution in [1.82, 2.24) is 5.32 Å². The molecule has 0 aliphatic carbocycles. The number of halogens is 1. The van der Waals surface area contributed by atoms with Crippen LogP contribution >= 0.6 is 0 Å². The summed E-state index contributed by atoms with van der Waals surface area (Å²) in [7, 11) is 0. The van der Waals surface area contributed by atoms with Crippen LogP contribution < -0.4 is 5.32 Å². The Hall–Kier alpha value is -1.88. The molecule has 4 nitrogen and oxygen atoms in total. The van der Waals surface area contributed by atoms with E-state index in [0.29, 0.717) is 23.9 Å². The van der Waals surface area contributed by atoms with Crippen molar-refractivity contribution in [3.63, 3.8) is 0 Å². The molecule has 1 aromatic heterocycles. The Kier molecular flexibility index (Phi) is 4.16. The molecule has 0 saturated heterocycles.